The van der Waals surface area contributed by atoms with Crippen LogP contribution in [0.1, 0.15) is 156 Å². The number of carbonyl (C=O) groups is 12. The van der Waals surface area contributed by atoms with Crippen molar-refractivity contribution in [3.63, 3.8) is 0 Å². The lowest BCUT2D eigenvalue weighted by Gasteiger charge is -2.31. The molecular weight excluding hydrogens is 969 g/mol. The number of ketones is 5. The Balaban J connectivity index is 1.56. The van der Waals surface area contributed by atoms with Crippen molar-refractivity contribution in [2.45, 2.75) is 181 Å². The average Bonchev–Trinajstić information content (AvgIpc) is 4.15. The minimum Gasteiger partial charge on any atom is -0.481 e. The van der Waals surface area contributed by atoms with Gasteiger partial charge < -0.3 is 46.2 Å². The first-order chi connectivity index (χ1) is 35.6. The molecule has 2 aromatic rings. The van der Waals surface area contributed by atoms with Crippen molar-refractivity contribution in [2.75, 3.05) is 13.1 Å². The Morgan fingerprint density at radius 3 is 1.84 bits per heavy atom. The van der Waals surface area contributed by atoms with E-state index in [1.807, 2.05) is 52.0 Å². The zero-order chi connectivity index (χ0) is 55.5. The predicted octanol–water partition coefficient (Wildman–Crippen LogP) is 4.80. The highest BCUT2D eigenvalue weighted by atomic mass is 16.4. The van der Waals surface area contributed by atoms with Crippen molar-refractivity contribution in [1.29, 1.82) is 0 Å². The first kappa shape index (κ1) is 61.0. The second kappa shape index (κ2) is 29.5. The third kappa shape index (κ3) is 18.0. The Labute approximate surface area is 438 Å². The maximum absolute atomic E-state index is 14.7. The van der Waals surface area contributed by atoms with Gasteiger partial charge in [0.05, 0.1) is 30.5 Å². The first-order valence-corrected chi connectivity index (χ1v) is 26.7. The van der Waals surface area contributed by atoms with E-state index in [-0.39, 0.29) is 63.3 Å². The number of carbonyl (C=O) groups excluding carboxylic acids is 10. The van der Waals surface area contributed by atoms with Crippen molar-refractivity contribution >= 4 is 81.3 Å². The molecular formula is C55H78N6O14. The summed E-state index contributed by atoms with van der Waals surface area (Å²) in [5.74, 6) is -13.4. The molecule has 20 heteroatoms. The lowest BCUT2D eigenvalue weighted by atomic mass is 9.86. The highest BCUT2D eigenvalue weighted by Gasteiger charge is 2.43. The van der Waals surface area contributed by atoms with E-state index in [9.17, 15) is 67.7 Å². The van der Waals surface area contributed by atoms with Crippen LogP contribution < -0.4 is 16.4 Å². The minimum atomic E-state index is -1.47. The number of rotatable bonds is 34. The fourth-order valence-corrected chi connectivity index (χ4v) is 10.5. The number of fused-ring (bicyclic) bond motifs is 1. The van der Waals surface area contributed by atoms with Crippen molar-refractivity contribution in [2.24, 2.45) is 35.3 Å². The third-order valence-electron chi connectivity index (χ3n) is 14.5. The maximum atomic E-state index is 14.7. The number of aromatic amines is 1. The molecule has 75 heavy (non-hydrogen) atoms. The Kier molecular flexibility index (Phi) is 24.0. The van der Waals surface area contributed by atoms with Crippen LogP contribution in [0, 0.1) is 29.6 Å². The minimum absolute atomic E-state index is 0.0639. The summed E-state index contributed by atoms with van der Waals surface area (Å²) >= 11 is 0. The van der Waals surface area contributed by atoms with Gasteiger partial charge in [-0.2, -0.15) is 0 Å². The molecule has 1 aromatic heterocycles. The number of para-hydroxylation sites is 1. The number of unbranched alkanes of at least 4 members (excludes halogenated alkanes) is 2. The van der Waals surface area contributed by atoms with Crippen molar-refractivity contribution < 1.29 is 67.7 Å². The van der Waals surface area contributed by atoms with E-state index in [0.717, 1.165) is 16.5 Å². The van der Waals surface area contributed by atoms with Crippen LogP contribution in [0.15, 0.2) is 30.5 Å². The molecule has 4 rings (SSSR count). The van der Waals surface area contributed by atoms with Gasteiger partial charge in [0.25, 0.3) is 5.91 Å². The molecule has 8 atom stereocenters. The zero-order valence-electron chi connectivity index (χ0n) is 44.2. The molecule has 2 saturated heterocycles. The van der Waals surface area contributed by atoms with Crippen LogP contribution in [-0.4, -0.2) is 133 Å². The van der Waals surface area contributed by atoms with Gasteiger partial charge in [-0.25, -0.2) is 4.79 Å². The molecule has 2 fully saturated rings. The van der Waals surface area contributed by atoms with Gasteiger partial charge in [-0.05, 0) is 82.3 Å². The van der Waals surface area contributed by atoms with Gasteiger partial charge in [0.1, 0.15) is 11.8 Å². The second-order valence-corrected chi connectivity index (χ2v) is 20.9. The molecule has 20 nitrogen and oxygen atoms in total. The van der Waals surface area contributed by atoms with E-state index in [0.29, 0.717) is 51.4 Å². The van der Waals surface area contributed by atoms with Crippen molar-refractivity contribution in [1.82, 2.24) is 25.4 Å². The lowest BCUT2D eigenvalue weighted by Crippen LogP contribution is -2.49. The first-order valence-electron chi connectivity index (χ1n) is 26.7. The highest BCUT2D eigenvalue weighted by Crippen LogP contribution is 2.31. The monoisotopic (exact) mass is 1050 g/mol. The van der Waals surface area contributed by atoms with E-state index in [4.69, 9.17) is 5.73 Å². The number of carboxylic acids is 2. The number of likely N-dealkylation sites (tertiary alicyclic amines) is 2. The van der Waals surface area contributed by atoms with Crippen LogP contribution in [0.25, 0.3) is 10.9 Å². The van der Waals surface area contributed by atoms with Crippen LogP contribution in [0.3, 0.4) is 0 Å². The predicted molar refractivity (Wildman–Crippen MR) is 275 cm³/mol. The second-order valence-electron chi connectivity index (χ2n) is 20.9. The molecule has 0 saturated carbocycles. The number of hydrogen-bond acceptors (Lipinski definition) is 12. The molecule has 2 aliphatic heterocycles. The quantitative estimate of drug-likeness (QED) is 0.0513. The number of hydrogen-bond donors (Lipinski definition) is 6. The van der Waals surface area contributed by atoms with E-state index in [1.54, 1.807) is 6.20 Å². The third-order valence-corrected chi connectivity index (χ3v) is 14.5. The fraction of sp³-hybridized carbons (Fsp3) is 0.636. The van der Waals surface area contributed by atoms with E-state index >= 15 is 0 Å². The topological polar surface area (TPSA) is 318 Å². The van der Waals surface area contributed by atoms with Crippen molar-refractivity contribution in [3.05, 3.63) is 36.0 Å². The largest absolute Gasteiger partial charge is 0.481 e. The standard InChI is InChI=1S/C55H78N6O14/c1-6-8-14-34(27-46(64)42(20-21-45(63)50(56)69)59-52(71)35(25-33(5)62)30-49(67)68)51(70)58-41(16-9-7-2)47(65)28-36(24-32(3)4)53(72)60-22-12-18-43(60)48(66)29-37(54(73)61-23-13-19-44(61)55(74)75)26-38-31-57-40-17-11-10-15-39(38)40/h10-11,15,17,31-32,34-37,41-44,57H,6-9,12-14,16,18-30H2,1-5H3,(H2,56,69)(H,58,70)(H,59,71)(H,67,68)(H,74,75)/t34-,35+,36-,37-,41+,42+,43+,44+/m1/s1. The van der Waals surface area contributed by atoms with Gasteiger partial charge in [0, 0.05) is 80.0 Å². The van der Waals surface area contributed by atoms with Crippen molar-refractivity contribution in [3.8, 4) is 0 Å². The number of aromatic nitrogens is 1. The van der Waals surface area contributed by atoms with Crippen LogP contribution in [0.2, 0.25) is 0 Å². The number of H-pyrrole nitrogens is 1. The molecule has 0 radical (unpaired) electrons. The van der Waals surface area contributed by atoms with Gasteiger partial charge in [-0.3, -0.25) is 47.9 Å². The number of carboxylic acid groups (broad SMARTS) is 2. The summed E-state index contributed by atoms with van der Waals surface area (Å²) in [6.45, 7) is 9.25. The Hall–Kier alpha value is -6.60. The molecule has 0 spiro atoms. The Bertz CT molecular complexity index is 2400. The fourth-order valence-electron chi connectivity index (χ4n) is 10.5. The van der Waals surface area contributed by atoms with Crippen LogP contribution in [0.4, 0.5) is 0 Å². The highest BCUT2D eigenvalue weighted by molar-refractivity contribution is 6.35. The number of primary amides is 1. The van der Waals surface area contributed by atoms with Crippen LogP contribution in [0.5, 0.6) is 0 Å². The number of benzene rings is 1. The zero-order valence-corrected chi connectivity index (χ0v) is 44.2. The molecule has 7 N–H and O–H groups in total. The number of Topliss-reactive ketones (excluding diaryl/α,β-unsaturated/α-hetero) is 5. The number of nitrogens with two attached hydrogens (primary N) is 1. The molecule has 0 unspecified atom stereocenters. The molecule has 5 amide bonds. The molecule has 412 valence electrons. The smallest absolute Gasteiger partial charge is 0.326 e. The summed E-state index contributed by atoms with van der Waals surface area (Å²) in [4.78, 5) is 165. The lowest BCUT2D eigenvalue weighted by molar-refractivity contribution is -0.150. The average molecular weight is 1050 g/mol. The molecule has 0 bridgehead atoms. The van der Waals surface area contributed by atoms with Gasteiger partial charge in [-0.15, -0.1) is 0 Å². The molecule has 1 aromatic carbocycles. The summed E-state index contributed by atoms with van der Waals surface area (Å²) in [6, 6.07) is 3.10. The molecule has 2 aliphatic rings. The Morgan fingerprint density at radius 2 is 1.25 bits per heavy atom. The van der Waals surface area contributed by atoms with Gasteiger partial charge in [0.2, 0.25) is 29.4 Å². The summed E-state index contributed by atoms with van der Waals surface area (Å²) in [5, 5.41) is 25.6. The number of aliphatic carboxylic acids is 2. The molecule has 0 aliphatic carbocycles. The summed E-state index contributed by atoms with van der Waals surface area (Å²) in [5.41, 5.74) is 6.78. The summed E-state index contributed by atoms with van der Waals surface area (Å²) in [7, 11) is 0. The van der Waals surface area contributed by atoms with Crippen LogP contribution >= 0.6 is 0 Å². The van der Waals surface area contributed by atoms with Gasteiger partial charge in [0.15, 0.2) is 17.3 Å². The van der Waals surface area contributed by atoms with E-state index in [2.05, 4.69) is 15.6 Å². The summed E-state index contributed by atoms with van der Waals surface area (Å²) in [6.07, 6.45) is 3.43. The van der Waals surface area contributed by atoms with E-state index in [1.165, 1.54) is 16.7 Å². The van der Waals surface area contributed by atoms with E-state index < -0.39 is 145 Å². The summed E-state index contributed by atoms with van der Waals surface area (Å²) < 4.78 is 0. The van der Waals surface area contributed by atoms with Gasteiger partial charge >= 0.3 is 11.9 Å². The number of amides is 5. The van der Waals surface area contributed by atoms with Gasteiger partial charge in [-0.1, -0.05) is 71.6 Å². The maximum Gasteiger partial charge on any atom is 0.326 e. The number of nitrogens with one attached hydrogen (secondary N) is 3. The van der Waals surface area contributed by atoms with Crippen LogP contribution in [-0.2, 0) is 64.0 Å². The Morgan fingerprint density at radius 1 is 0.693 bits per heavy atom. The normalized spacial score (nSPS) is 17.9. The number of nitrogens with zero attached hydrogens (tertiary/aromatic N) is 2. The molecule has 3 heterocycles. The SMILES string of the molecule is CCCC[C@H](CC(=O)[C@H](CCC(=O)C(N)=O)NC(=O)[C@@H](CC(C)=O)CC(=O)O)C(=O)N[C@@H](CCCC)C(=O)C[C@@H](CC(C)C)C(=O)N1CCC[C@H]1C(=O)C[C@@H](Cc1c[nH]c2ccccc12)C(=O)N1CCC[C@H]1C(=O)O.